The number of azo groups is 2. The Labute approximate surface area is 207 Å². The van der Waals surface area contributed by atoms with Crippen LogP contribution in [0.1, 0.15) is 12.8 Å². The van der Waals surface area contributed by atoms with Crippen LogP contribution < -0.4 is 19.8 Å². The summed E-state index contributed by atoms with van der Waals surface area (Å²) in [5, 5.41) is 29.8. The van der Waals surface area contributed by atoms with E-state index in [0.717, 1.165) is 58.9 Å². The standard InChI is InChI=1S/C24H26N8S2/c1-31-15-17-33-23(31)29-27-21-9-5-19(6-10-21)25-13-3-4-14-26-20-7-11-22(12-8-20)28-30-24-32(2)16-18-34-24/h5-12,15-18H,3-4,13-14H2,1-2H3/p+2. The molecule has 0 aliphatic heterocycles. The molecule has 0 saturated carbocycles. The van der Waals surface area contributed by atoms with Gasteiger partial charge in [-0.3, -0.25) is 0 Å². The molecule has 10 heteroatoms. The monoisotopic (exact) mass is 492 g/mol. The van der Waals surface area contributed by atoms with Gasteiger partial charge in [-0.2, -0.15) is 0 Å². The van der Waals surface area contributed by atoms with E-state index in [1.165, 1.54) is 0 Å². The fourth-order valence-electron chi connectivity index (χ4n) is 3.06. The van der Waals surface area contributed by atoms with Crippen LogP contribution in [0, 0.1) is 0 Å². The Kier molecular flexibility index (Phi) is 8.42. The van der Waals surface area contributed by atoms with Gasteiger partial charge >= 0.3 is 10.3 Å². The minimum Gasteiger partial charge on any atom is -0.385 e. The molecule has 2 heterocycles. The van der Waals surface area contributed by atoms with Crippen molar-refractivity contribution in [1.29, 1.82) is 0 Å². The van der Waals surface area contributed by atoms with E-state index < -0.39 is 0 Å². The van der Waals surface area contributed by atoms with Crippen LogP contribution in [-0.4, -0.2) is 13.1 Å². The van der Waals surface area contributed by atoms with Crippen LogP contribution in [0.4, 0.5) is 33.0 Å². The van der Waals surface area contributed by atoms with Gasteiger partial charge < -0.3 is 10.6 Å². The van der Waals surface area contributed by atoms with E-state index in [0.29, 0.717) is 0 Å². The number of nitrogens with one attached hydrogen (secondary N) is 2. The van der Waals surface area contributed by atoms with Gasteiger partial charge in [0.15, 0.2) is 0 Å². The van der Waals surface area contributed by atoms with Crippen molar-refractivity contribution in [2.75, 3.05) is 23.7 Å². The normalized spacial score (nSPS) is 11.5. The first-order valence-electron chi connectivity index (χ1n) is 11.0. The highest BCUT2D eigenvalue weighted by Crippen LogP contribution is 2.22. The molecule has 0 spiro atoms. The third-order valence-electron chi connectivity index (χ3n) is 5.02. The second kappa shape index (κ2) is 12.1. The average molecular weight is 493 g/mol. The molecule has 0 fully saturated rings. The molecule has 0 saturated heterocycles. The molecule has 34 heavy (non-hydrogen) atoms. The molecule has 4 aromatic rings. The lowest BCUT2D eigenvalue weighted by molar-refractivity contribution is -0.654. The summed E-state index contributed by atoms with van der Waals surface area (Å²) in [6.45, 7) is 1.85. The van der Waals surface area contributed by atoms with E-state index in [4.69, 9.17) is 0 Å². The molecular formula is C24H28N8S2+2. The highest BCUT2D eigenvalue weighted by molar-refractivity contribution is 7.13. The molecule has 2 aromatic heterocycles. The summed E-state index contributed by atoms with van der Waals surface area (Å²) < 4.78 is 3.90. The lowest BCUT2D eigenvalue weighted by Crippen LogP contribution is -2.23. The number of thiazole rings is 2. The van der Waals surface area contributed by atoms with Gasteiger partial charge in [0, 0.05) is 35.2 Å². The van der Waals surface area contributed by atoms with Gasteiger partial charge in [-0.1, -0.05) is 0 Å². The lowest BCUT2D eigenvalue weighted by atomic mass is 10.2. The van der Waals surface area contributed by atoms with Crippen molar-refractivity contribution in [3.05, 3.63) is 71.7 Å². The fraction of sp³-hybridized carbons (Fsp3) is 0.250. The Morgan fingerprint density at radius 2 is 1.03 bits per heavy atom. The topological polar surface area (TPSA) is 81.3 Å². The van der Waals surface area contributed by atoms with Crippen LogP contribution in [0.2, 0.25) is 0 Å². The number of benzene rings is 2. The van der Waals surface area contributed by atoms with E-state index in [9.17, 15) is 0 Å². The van der Waals surface area contributed by atoms with Crippen molar-refractivity contribution in [3.8, 4) is 0 Å². The third kappa shape index (κ3) is 7.00. The summed E-state index contributed by atoms with van der Waals surface area (Å²) in [4.78, 5) is 0. The molecule has 0 amide bonds. The molecule has 0 bridgehead atoms. The van der Waals surface area contributed by atoms with Gasteiger partial charge in [-0.25, -0.2) is 9.13 Å². The van der Waals surface area contributed by atoms with Gasteiger partial charge in [0.1, 0.15) is 23.8 Å². The molecule has 0 aliphatic rings. The van der Waals surface area contributed by atoms with Crippen molar-refractivity contribution in [3.63, 3.8) is 0 Å². The summed E-state index contributed by atoms with van der Waals surface area (Å²) in [5.74, 6) is 0. The van der Waals surface area contributed by atoms with E-state index in [-0.39, 0.29) is 0 Å². The van der Waals surface area contributed by atoms with Gasteiger partial charge in [-0.05, 0) is 94.3 Å². The molecule has 8 nitrogen and oxygen atoms in total. The molecule has 174 valence electrons. The van der Waals surface area contributed by atoms with Crippen LogP contribution in [0.3, 0.4) is 0 Å². The summed E-state index contributed by atoms with van der Waals surface area (Å²) >= 11 is 3.13. The maximum atomic E-state index is 4.30. The van der Waals surface area contributed by atoms with E-state index >= 15 is 0 Å². The van der Waals surface area contributed by atoms with E-state index in [1.54, 1.807) is 22.7 Å². The summed E-state index contributed by atoms with van der Waals surface area (Å²) in [6.07, 6.45) is 6.10. The molecule has 2 aromatic carbocycles. The van der Waals surface area contributed by atoms with E-state index in [1.807, 2.05) is 94.9 Å². The third-order valence-corrected chi connectivity index (χ3v) is 6.69. The zero-order chi connectivity index (χ0) is 23.6. The first kappa shape index (κ1) is 23.7. The molecule has 0 atom stereocenters. The van der Waals surface area contributed by atoms with Gasteiger partial charge in [0.05, 0.1) is 24.3 Å². The van der Waals surface area contributed by atoms with Gasteiger partial charge in [0.2, 0.25) is 0 Å². The number of unbranched alkanes of at least 4 members (excludes halogenated alkanes) is 1. The quantitative estimate of drug-likeness (QED) is 0.141. The molecule has 0 unspecified atom stereocenters. The van der Waals surface area contributed by atoms with Crippen molar-refractivity contribution in [2.45, 2.75) is 12.8 Å². The molecule has 0 radical (unpaired) electrons. The van der Waals surface area contributed by atoms with Crippen molar-refractivity contribution >= 4 is 55.7 Å². The Morgan fingerprint density at radius 1 is 0.618 bits per heavy atom. The van der Waals surface area contributed by atoms with Gasteiger partial charge in [0.25, 0.3) is 0 Å². The maximum absolute atomic E-state index is 4.30. The van der Waals surface area contributed by atoms with Crippen molar-refractivity contribution < 1.29 is 9.13 Å². The predicted molar refractivity (Wildman–Crippen MR) is 138 cm³/mol. The SMILES string of the molecule is C[n+]1ccsc1N=Nc1ccc(NCCCCNc2ccc(N=Nc3scc[n+]3C)cc2)cc1. The van der Waals surface area contributed by atoms with Crippen molar-refractivity contribution in [1.82, 2.24) is 0 Å². The van der Waals surface area contributed by atoms with Crippen LogP contribution in [0.25, 0.3) is 0 Å². The minimum atomic E-state index is 0.844. The van der Waals surface area contributed by atoms with Crippen molar-refractivity contribution in [2.24, 2.45) is 34.6 Å². The van der Waals surface area contributed by atoms with Crippen LogP contribution >= 0.6 is 22.7 Å². The first-order valence-corrected chi connectivity index (χ1v) is 12.8. The molecule has 0 aliphatic carbocycles. The number of hydrogen-bond acceptors (Lipinski definition) is 8. The number of anilines is 2. The highest BCUT2D eigenvalue weighted by Gasteiger charge is 2.08. The number of rotatable bonds is 11. The number of nitrogens with zero attached hydrogens (tertiary/aromatic N) is 6. The first-order chi connectivity index (χ1) is 16.7. The molecule has 2 N–H and O–H groups in total. The zero-order valence-electron chi connectivity index (χ0n) is 19.3. The maximum Gasteiger partial charge on any atom is 0.408 e. The lowest BCUT2D eigenvalue weighted by Gasteiger charge is -2.08. The second-order valence-electron chi connectivity index (χ2n) is 7.65. The summed E-state index contributed by atoms with van der Waals surface area (Å²) in [6, 6.07) is 16.1. The zero-order valence-corrected chi connectivity index (χ0v) is 20.9. The van der Waals surface area contributed by atoms with Crippen LogP contribution in [0.15, 0.2) is 92.1 Å². The Balaban J connectivity index is 1.12. The number of hydrogen-bond donors (Lipinski definition) is 2. The molecular weight excluding hydrogens is 464 g/mol. The van der Waals surface area contributed by atoms with Crippen LogP contribution in [0.5, 0.6) is 0 Å². The van der Waals surface area contributed by atoms with E-state index in [2.05, 4.69) is 31.1 Å². The average Bonchev–Trinajstić information content (AvgIpc) is 3.47. The number of aromatic nitrogens is 2. The van der Waals surface area contributed by atoms with Gasteiger partial charge in [-0.15, -0.1) is 0 Å². The predicted octanol–water partition coefficient (Wildman–Crippen LogP) is 6.59. The largest absolute Gasteiger partial charge is 0.408 e. The second-order valence-corrected chi connectivity index (χ2v) is 9.39. The minimum absolute atomic E-state index is 0.844. The molecule has 4 rings (SSSR count). The Hall–Kier alpha value is -3.50. The number of aryl methyl sites for hydroxylation is 2. The summed E-state index contributed by atoms with van der Waals surface area (Å²) in [5.41, 5.74) is 3.87. The smallest absolute Gasteiger partial charge is 0.385 e. The Bertz CT molecular complexity index is 1130. The fourth-order valence-corrected chi connectivity index (χ4v) is 4.42. The highest BCUT2D eigenvalue weighted by atomic mass is 32.1. The van der Waals surface area contributed by atoms with Crippen LogP contribution in [-0.2, 0) is 14.1 Å². The summed E-state index contributed by atoms with van der Waals surface area (Å²) in [7, 11) is 3.93. The Morgan fingerprint density at radius 3 is 1.38 bits per heavy atom.